The molecule has 0 aromatic carbocycles. The van der Waals surface area contributed by atoms with Crippen LogP contribution in [-0.2, 0) is 0 Å². The van der Waals surface area contributed by atoms with Crippen LogP contribution >= 0.6 is 0 Å². The van der Waals surface area contributed by atoms with E-state index in [-0.39, 0.29) is 5.95 Å². The maximum absolute atomic E-state index is 5.43. The standard InChI is InChI=1S/C12H15N9/c1-7-8(2)19-21(9(7)3)12-16-10(18-13)15-11(17-12)20-5-4-14-6-20/h4-6H,13H2,1-3H3,(H,15,16,17,18). The molecular formula is C12H15N9. The third-order valence-corrected chi connectivity index (χ3v) is 3.32. The Morgan fingerprint density at radius 2 is 1.86 bits per heavy atom. The number of aryl methyl sites for hydroxylation is 1. The molecule has 0 bridgehead atoms. The third-order valence-electron chi connectivity index (χ3n) is 3.32. The van der Waals surface area contributed by atoms with E-state index in [1.54, 1.807) is 28.0 Å². The molecule has 3 aromatic heterocycles. The molecule has 108 valence electrons. The predicted octanol–water partition coefficient (Wildman–Crippen LogP) is 0.454. The molecule has 0 aliphatic rings. The number of hydrogen-bond acceptors (Lipinski definition) is 7. The highest BCUT2D eigenvalue weighted by Crippen LogP contribution is 2.15. The zero-order valence-electron chi connectivity index (χ0n) is 11.9. The van der Waals surface area contributed by atoms with E-state index in [1.807, 2.05) is 20.8 Å². The highest BCUT2D eigenvalue weighted by atomic mass is 15.4. The molecule has 3 aromatic rings. The molecule has 0 radical (unpaired) electrons. The van der Waals surface area contributed by atoms with Gasteiger partial charge in [0.15, 0.2) is 0 Å². The molecule has 3 heterocycles. The Labute approximate surface area is 120 Å². The molecular weight excluding hydrogens is 270 g/mol. The summed E-state index contributed by atoms with van der Waals surface area (Å²) in [5.74, 6) is 6.50. The van der Waals surface area contributed by atoms with Gasteiger partial charge in [0.25, 0.3) is 5.95 Å². The minimum atomic E-state index is 0.258. The summed E-state index contributed by atoms with van der Waals surface area (Å²) < 4.78 is 3.35. The molecule has 9 heteroatoms. The predicted molar refractivity (Wildman–Crippen MR) is 76.1 cm³/mol. The lowest BCUT2D eigenvalue weighted by molar-refractivity contribution is 0.750. The average Bonchev–Trinajstić information content (AvgIpc) is 3.12. The summed E-state index contributed by atoms with van der Waals surface area (Å²) in [6.45, 7) is 5.92. The molecule has 0 saturated heterocycles. The van der Waals surface area contributed by atoms with Crippen LogP contribution in [-0.4, -0.2) is 34.3 Å². The normalized spacial score (nSPS) is 10.9. The zero-order chi connectivity index (χ0) is 15.0. The number of rotatable bonds is 3. The number of hydrogen-bond donors (Lipinski definition) is 2. The molecule has 3 rings (SSSR count). The lowest BCUT2D eigenvalue weighted by Crippen LogP contribution is -2.16. The van der Waals surface area contributed by atoms with E-state index < -0.39 is 0 Å². The van der Waals surface area contributed by atoms with Crippen molar-refractivity contribution in [3.63, 3.8) is 0 Å². The van der Waals surface area contributed by atoms with Crippen molar-refractivity contribution in [3.05, 3.63) is 35.7 Å². The minimum absolute atomic E-state index is 0.258. The number of aromatic nitrogens is 7. The van der Waals surface area contributed by atoms with Crippen LogP contribution in [0.1, 0.15) is 17.0 Å². The van der Waals surface area contributed by atoms with Crippen molar-refractivity contribution in [3.8, 4) is 11.9 Å². The maximum Gasteiger partial charge on any atom is 0.257 e. The molecule has 0 atom stereocenters. The Bertz CT molecular complexity index is 772. The Hall–Kier alpha value is -2.81. The Morgan fingerprint density at radius 3 is 2.43 bits per heavy atom. The van der Waals surface area contributed by atoms with Crippen LogP contribution < -0.4 is 11.3 Å². The largest absolute Gasteiger partial charge is 0.292 e. The van der Waals surface area contributed by atoms with Crippen molar-refractivity contribution in [1.82, 2.24) is 34.3 Å². The minimum Gasteiger partial charge on any atom is -0.292 e. The van der Waals surface area contributed by atoms with E-state index >= 15 is 0 Å². The van der Waals surface area contributed by atoms with Gasteiger partial charge in [0.05, 0.1) is 5.69 Å². The highest BCUT2D eigenvalue weighted by Gasteiger charge is 2.14. The summed E-state index contributed by atoms with van der Waals surface area (Å²) in [4.78, 5) is 16.9. The van der Waals surface area contributed by atoms with E-state index in [1.165, 1.54) is 0 Å². The van der Waals surface area contributed by atoms with Gasteiger partial charge in [0.2, 0.25) is 11.9 Å². The molecule has 0 aliphatic carbocycles. The average molecular weight is 285 g/mol. The van der Waals surface area contributed by atoms with Crippen molar-refractivity contribution in [2.75, 3.05) is 5.43 Å². The first-order valence-electron chi connectivity index (χ1n) is 6.34. The highest BCUT2D eigenvalue weighted by molar-refractivity contribution is 5.34. The lowest BCUT2D eigenvalue weighted by Gasteiger charge is -2.08. The number of nitrogens with one attached hydrogen (secondary N) is 1. The SMILES string of the molecule is Cc1nn(-c2nc(NN)nc(-n3ccnc3)n2)c(C)c1C. The van der Waals surface area contributed by atoms with Crippen LogP contribution in [0, 0.1) is 20.8 Å². The first-order chi connectivity index (χ1) is 10.1. The summed E-state index contributed by atoms with van der Waals surface area (Å²) in [6.07, 6.45) is 4.99. The first kappa shape index (κ1) is 13.2. The molecule has 0 fully saturated rings. The molecule has 21 heavy (non-hydrogen) atoms. The van der Waals surface area contributed by atoms with Gasteiger partial charge in [0, 0.05) is 18.1 Å². The number of nitrogen functional groups attached to an aromatic ring is 1. The maximum atomic E-state index is 5.43. The Balaban J connectivity index is 2.18. The van der Waals surface area contributed by atoms with Gasteiger partial charge in [-0.15, -0.1) is 0 Å². The zero-order valence-corrected chi connectivity index (χ0v) is 11.9. The second kappa shape index (κ2) is 4.94. The van der Waals surface area contributed by atoms with E-state index in [2.05, 4.69) is 30.5 Å². The van der Waals surface area contributed by atoms with Crippen molar-refractivity contribution >= 4 is 5.95 Å². The Morgan fingerprint density at radius 1 is 1.10 bits per heavy atom. The van der Waals surface area contributed by atoms with Gasteiger partial charge in [-0.2, -0.15) is 20.1 Å². The number of imidazole rings is 1. The quantitative estimate of drug-likeness (QED) is 0.530. The monoisotopic (exact) mass is 285 g/mol. The molecule has 9 nitrogen and oxygen atoms in total. The summed E-state index contributed by atoms with van der Waals surface area (Å²) in [6, 6.07) is 0. The fraction of sp³-hybridized carbons (Fsp3) is 0.250. The van der Waals surface area contributed by atoms with E-state index in [0.717, 1.165) is 17.0 Å². The number of nitrogens with zero attached hydrogens (tertiary/aromatic N) is 7. The summed E-state index contributed by atoms with van der Waals surface area (Å²) >= 11 is 0. The van der Waals surface area contributed by atoms with Gasteiger partial charge < -0.3 is 0 Å². The molecule has 0 saturated carbocycles. The van der Waals surface area contributed by atoms with E-state index in [4.69, 9.17) is 5.84 Å². The van der Waals surface area contributed by atoms with Crippen LogP contribution in [0.25, 0.3) is 11.9 Å². The van der Waals surface area contributed by atoms with E-state index in [9.17, 15) is 0 Å². The third kappa shape index (κ3) is 2.23. The fourth-order valence-corrected chi connectivity index (χ4v) is 1.92. The van der Waals surface area contributed by atoms with Gasteiger partial charge in [-0.25, -0.2) is 15.5 Å². The van der Waals surface area contributed by atoms with Crippen LogP contribution in [0.5, 0.6) is 0 Å². The smallest absolute Gasteiger partial charge is 0.257 e. The first-order valence-corrected chi connectivity index (χ1v) is 6.34. The van der Waals surface area contributed by atoms with Gasteiger partial charge >= 0.3 is 0 Å². The van der Waals surface area contributed by atoms with Gasteiger partial charge in [-0.05, 0) is 26.3 Å². The van der Waals surface area contributed by atoms with Gasteiger partial charge in [-0.1, -0.05) is 0 Å². The van der Waals surface area contributed by atoms with Crippen molar-refractivity contribution < 1.29 is 0 Å². The molecule has 0 spiro atoms. The molecule has 0 amide bonds. The summed E-state index contributed by atoms with van der Waals surface area (Å²) in [7, 11) is 0. The Kier molecular flexibility index (Phi) is 3.10. The second-order valence-corrected chi connectivity index (χ2v) is 4.58. The fourth-order valence-electron chi connectivity index (χ4n) is 1.92. The van der Waals surface area contributed by atoms with Crippen LogP contribution in [0.15, 0.2) is 18.7 Å². The number of nitrogens with two attached hydrogens (primary N) is 1. The van der Waals surface area contributed by atoms with Crippen LogP contribution in [0.4, 0.5) is 5.95 Å². The topological polar surface area (TPSA) is 112 Å². The molecule has 0 aliphatic heterocycles. The molecule has 0 unspecified atom stereocenters. The second-order valence-electron chi connectivity index (χ2n) is 4.58. The van der Waals surface area contributed by atoms with Crippen molar-refractivity contribution in [2.45, 2.75) is 20.8 Å². The summed E-state index contributed by atoms with van der Waals surface area (Å²) in [5, 5.41) is 4.45. The molecule has 3 N–H and O–H groups in total. The van der Waals surface area contributed by atoms with Crippen LogP contribution in [0.3, 0.4) is 0 Å². The van der Waals surface area contributed by atoms with Crippen LogP contribution in [0.2, 0.25) is 0 Å². The van der Waals surface area contributed by atoms with Crippen molar-refractivity contribution in [1.29, 1.82) is 0 Å². The van der Waals surface area contributed by atoms with E-state index in [0.29, 0.717) is 11.9 Å². The van der Waals surface area contributed by atoms with Crippen molar-refractivity contribution in [2.24, 2.45) is 5.84 Å². The summed E-state index contributed by atoms with van der Waals surface area (Å²) in [5.41, 5.74) is 5.44. The number of hydrazine groups is 1. The van der Waals surface area contributed by atoms with Gasteiger partial charge in [-0.3, -0.25) is 9.99 Å². The number of anilines is 1. The lowest BCUT2D eigenvalue weighted by atomic mass is 10.2. The van der Waals surface area contributed by atoms with Gasteiger partial charge in [0.1, 0.15) is 6.33 Å².